The van der Waals surface area contributed by atoms with Crippen LogP contribution in [0.1, 0.15) is 29.8 Å². The van der Waals surface area contributed by atoms with E-state index in [1.807, 2.05) is 24.8 Å². The predicted molar refractivity (Wildman–Crippen MR) is 92.1 cm³/mol. The molecule has 2 aromatic rings. The van der Waals surface area contributed by atoms with Gasteiger partial charge < -0.3 is 10.2 Å². The van der Waals surface area contributed by atoms with E-state index in [0.717, 1.165) is 17.0 Å². The molecule has 0 radical (unpaired) electrons. The maximum Gasteiger partial charge on any atom is 0.220 e. The normalized spacial score (nSPS) is 20.0. The van der Waals surface area contributed by atoms with Gasteiger partial charge >= 0.3 is 0 Å². The van der Waals surface area contributed by atoms with Crippen molar-refractivity contribution >= 4 is 11.7 Å². The van der Waals surface area contributed by atoms with Crippen LogP contribution in [0, 0.1) is 13.8 Å². The Balaban J connectivity index is 1.52. The molecule has 0 bridgehead atoms. The van der Waals surface area contributed by atoms with Crippen LogP contribution in [0.15, 0.2) is 18.3 Å². The van der Waals surface area contributed by atoms with E-state index >= 15 is 0 Å². The van der Waals surface area contributed by atoms with Gasteiger partial charge in [0.25, 0.3) is 0 Å². The average Bonchev–Trinajstić information content (AvgIpc) is 3.14. The Hall–Kier alpha value is -2.51. The lowest BCUT2D eigenvalue weighted by atomic mass is 10.1. The summed E-state index contributed by atoms with van der Waals surface area (Å²) in [6.45, 7) is 4.56. The third kappa shape index (κ3) is 4.12. The molecule has 0 saturated carbocycles. The highest BCUT2D eigenvalue weighted by molar-refractivity contribution is 5.76. The number of amides is 1. The summed E-state index contributed by atoms with van der Waals surface area (Å²) in [5.41, 5.74) is 3.01. The van der Waals surface area contributed by atoms with Gasteiger partial charge in [-0.1, -0.05) is 0 Å². The fourth-order valence-electron chi connectivity index (χ4n) is 3.28. The molecule has 1 amide bonds. The molecular formula is C17H23FN6O. The van der Waals surface area contributed by atoms with Gasteiger partial charge in [0.05, 0.1) is 18.3 Å². The monoisotopic (exact) mass is 346 g/mol. The fraction of sp³-hybridized carbons (Fsp3) is 0.529. The Labute approximate surface area is 146 Å². The van der Waals surface area contributed by atoms with E-state index in [0.29, 0.717) is 31.6 Å². The molecule has 1 aliphatic rings. The van der Waals surface area contributed by atoms with Crippen molar-refractivity contribution in [3.05, 3.63) is 35.3 Å². The van der Waals surface area contributed by atoms with Crippen LogP contribution in [0.3, 0.4) is 0 Å². The maximum absolute atomic E-state index is 13.8. The van der Waals surface area contributed by atoms with Gasteiger partial charge in [-0.2, -0.15) is 10.2 Å². The number of anilines is 1. The molecule has 25 heavy (non-hydrogen) atoms. The van der Waals surface area contributed by atoms with Crippen LogP contribution >= 0.6 is 0 Å². The Morgan fingerprint density at radius 3 is 3.00 bits per heavy atom. The Morgan fingerprint density at radius 2 is 2.32 bits per heavy atom. The van der Waals surface area contributed by atoms with Crippen molar-refractivity contribution in [2.45, 2.75) is 45.3 Å². The minimum atomic E-state index is -0.917. The molecule has 134 valence electrons. The molecule has 1 fully saturated rings. The second-order valence-corrected chi connectivity index (χ2v) is 6.44. The summed E-state index contributed by atoms with van der Waals surface area (Å²) >= 11 is 0. The van der Waals surface area contributed by atoms with E-state index in [4.69, 9.17) is 0 Å². The summed E-state index contributed by atoms with van der Waals surface area (Å²) in [5.74, 6) is 0.605. The Bertz CT molecular complexity index is 700. The summed E-state index contributed by atoms with van der Waals surface area (Å²) in [5, 5.41) is 17.9. The average molecular weight is 346 g/mol. The van der Waals surface area contributed by atoms with Crippen molar-refractivity contribution in [1.82, 2.24) is 25.7 Å². The summed E-state index contributed by atoms with van der Waals surface area (Å²) in [7, 11) is 0. The van der Waals surface area contributed by atoms with E-state index in [1.54, 1.807) is 12.3 Å². The quantitative estimate of drug-likeness (QED) is 0.827. The van der Waals surface area contributed by atoms with Gasteiger partial charge in [-0.15, -0.1) is 5.10 Å². The first-order valence-corrected chi connectivity index (χ1v) is 8.50. The van der Waals surface area contributed by atoms with E-state index in [-0.39, 0.29) is 18.5 Å². The minimum absolute atomic E-state index is 0.0404. The summed E-state index contributed by atoms with van der Waals surface area (Å²) in [6.07, 6.45) is 2.09. The highest BCUT2D eigenvalue weighted by atomic mass is 19.1. The van der Waals surface area contributed by atoms with Gasteiger partial charge in [0.2, 0.25) is 5.91 Å². The number of aryl methyl sites for hydroxylation is 2. The number of H-pyrrole nitrogens is 1. The molecule has 3 rings (SSSR count). The number of carbonyl (C=O) groups is 1. The van der Waals surface area contributed by atoms with E-state index in [1.165, 1.54) is 0 Å². The van der Waals surface area contributed by atoms with Gasteiger partial charge in [-0.25, -0.2) is 4.39 Å². The maximum atomic E-state index is 13.8. The Morgan fingerprint density at radius 1 is 1.48 bits per heavy atom. The SMILES string of the molecule is Cc1n[nH]c(C)c1CCC(=O)NC[C@@H]1C[C@H](F)CN1c1cccnn1. The number of nitrogens with zero attached hydrogens (tertiary/aromatic N) is 4. The zero-order chi connectivity index (χ0) is 17.8. The van der Waals surface area contributed by atoms with Crippen molar-refractivity contribution in [3.63, 3.8) is 0 Å². The molecule has 1 saturated heterocycles. The molecule has 2 atom stereocenters. The van der Waals surface area contributed by atoms with Gasteiger partial charge in [0.1, 0.15) is 6.17 Å². The zero-order valence-corrected chi connectivity index (χ0v) is 14.5. The largest absolute Gasteiger partial charge is 0.354 e. The third-order valence-corrected chi connectivity index (χ3v) is 4.63. The zero-order valence-electron chi connectivity index (χ0n) is 14.5. The lowest BCUT2D eigenvalue weighted by Crippen LogP contribution is -2.40. The molecule has 7 nitrogen and oxygen atoms in total. The number of carbonyl (C=O) groups excluding carboxylic acids is 1. The molecule has 8 heteroatoms. The number of hydrogen-bond acceptors (Lipinski definition) is 5. The molecule has 0 aromatic carbocycles. The molecule has 0 aliphatic carbocycles. The molecule has 0 spiro atoms. The number of aromatic amines is 1. The van der Waals surface area contributed by atoms with Crippen LogP contribution < -0.4 is 10.2 Å². The van der Waals surface area contributed by atoms with Gasteiger partial charge in [0.15, 0.2) is 5.82 Å². The van der Waals surface area contributed by atoms with Gasteiger partial charge in [-0.05, 0) is 38.0 Å². The molecule has 0 unspecified atom stereocenters. The molecule has 1 aliphatic heterocycles. The molecule has 2 aromatic heterocycles. The second-order valence-electron chi connectivity index (χ2n) is 6.44. The predicted octanol–water partition coefficient (Wildman–Crippen LogP) is 1.48. The highest BCUT2D eigenvalue weighted by Gasteiger charge is 2.33. The molecule has 3 heterocycles. The first-order chi connectivity index (χ1) is 12.0. The van der Waals surface area contributed by atoms with Crippen LogP contribution in [0.25, 0.3) is 0 Å². The first kappa shape index (κ1) is 17.3. The summed E-state index contributed by atoms with van der Waals surface area (Å²) in [6, 6.07) is 3.48. The minimum Gasteiger partial charge on any atom is -0.354 e. The number of rotatable bonds is 6. The topological polar surface area (TPSA) is 86.8 Å². The fourth-order valence-corrected chi connectivity index (χ4v) is 3.28. The van der Waals surface area contributed by atoms with Crippen molar-refractivity contribution in [1.29, 1.82) is 0 Å². The van der Waals surface area contributed by atoms with Crippen molar-refractivity contribution < 1.29 is 9.18 Å². The number of hydrogen-bond donors (Lipinski definition) is 2. The van der Waals surface area contributed by atoms with Crippen LogP contribution in [0.5, 0.6) is 0 Å². The van der Waals surface area contributed by atoms with Gasteiger partial charge in [-0.3, -0.25) is 9.89 Å². The van der Waals surface area contributed by atoms with Crippen LogP contribution in [0.2, 0.25) is 0 Å². The van der Waals surface area contributed by atoms with Crippen molar-refractivity contribution in [2.75, 3.05) is 18.0 Å². The smallest absolute Gasteiger partial charge is 0.220 e. The lowest BCUT2D eigenvalue weighted by molar-refractivity contribution is -0.121. The second kappa shape index (κ2) is 7.58. The van der Waals surface area contributed by atoms with E-state index < -0.39 is 6.17 Å². The number of nitrogens with one attached hydrogen (secondary N) is 2. The van der Waals surface area contributed by atoms with Crippen LogP contribution in [-0.4, -0.2) is 51.6 Å². The van der Waals surface area contributed by atoms with Crippen LogP contribution in [-0.2, 0) is 11.2 Å². The summed E-state index contributed by atoms with van der Waals surface area (Å²) in [4.78, 5) is 14.0. The Kier molecular flexibility index (Phi) is 5.25. The van der Waals surface area contributed by atoms with Gasteiger partial charge in [0, 0.05) is 31.3 Å². The van der Waals surface area contributed by atoms with E-state index in [2.05, 4.69) is 25.7 Å². The number of aromatic nitrogens is 4. The van der Waals surface area contributed by atoms with Crippen molar-refractivity contribution in [2.24, 2.45) is 0 Å². The van der Waals surface area contributed by atoms with E-state index in [9.17, 15) is 9.18 Å². The molecule has 2 N–H and O–H groups in total. The summed E-state index contributed by atoms with van der Waals surface area (Å²) < 4.78 is 13.8. The standard InChI is InChI=1S/C17H23FN6O/c1-11-15(12(2)22-21-11)5-6-17(25)19-9-14-8-13(18)10-24(14)16-4-3-7-20-23-16/h3-4,7,13-14H,5-6,8-10H2,1-2H3,(H,19,25)(H,21,22)/t13-,14-/m0/s1. The third-order valence-electron chi connectivity index (χ3n) is 4.63. The van der Waals surface area contributed by atoms with Crippen molar-refractivity contribution in [3.8, 4) is 0 Å². The first-order valence-electron chi connectivity index (χ1n) is 8.50. The van der Waals surface area contributed by atoms with Crippen LogP contribution in [0.4, 0.5) is 10.2 Å². The molecular weight excluding hydrogens is 323 g/mol. The number of halogens is 1. The number of alkyl halides is 1. The lowest BCUT2D eigenvalue weighted by Gasteiger charge is -2.24. The highest BCUT2D eigenvalue weighted by Crippen LogP contribution is 2.24.